The molecule has 1 aliphatic rings. The molecule has 0 amide bonds. The molecule has 3 heteroatoms. The average molecular weight is 250 g/mol. The van der Waals surface area contributed by atoms with E-state index in [1.54, 1.807) is 7.11 Å². The Bertz CT molecular complexity index is 428. The molecule has 0 radical (unpaired) electrons. The first-order valence-electron chi connectivity index (χ1n) is 6.50. The number of ether oxygens (including phenoxy) is 2. The fourth-order valence-electron chi connectivity index (χ4n) is 2.71. The van der Waals surface area contributed by atoms with Crippen molar-refractivity contribution < 1.29 is 14.6 Å². The zero-order chi connectivity index (χ0) is 13.3. The van der Waals surface area contributed by atoms with Crippen LogP contribution in [-0.4, -0.2) is 24.9 Å². The smallest absolute Gasteiger partial charge is 0.127 e. The van der Waals surface area contributed by atoms with Gasteiger partial charge >= 0.3 is 0 Å². The third-order valence-corrected chi connectivity index (χ3v) is 4.07. The molecule has 1 aliphatic heterocycles. The van der Waals surface area contributed by atoms with Crippen molar-refractivity contribution >= 4 is 0 Å². The van der Waals surface area contributed by atoms with Crippen molar-refractivity contribution in [2.24, 2.45) is 5.92 Å². The molecule has 1 heterocycles. The minimum atomic E-state index is -0.517. The lowest BCUT2D eigenvalue weighted by atomic mass is 9.88. The normalized spacial score (nSPS) is 25.2. The summed E-state index contributed by atoms with van der Waals surface area (Å²) in [5, 5.41) is 10.6. The summed E-state index contributed by atoms with van der Waals surface area (Å²) in [5.41, 5.74) is 3.15. The van der Waals surface area contributed by atoms with Crippen LogP contribution in [0.1, 0.15) is 36.1 Å². The van der Waals surface area contributed by atoms with Crippen LogP contribution in [0.2, 0.25) is 0 Å². The lowest BCUT2D eigenvalue weighted by molar-refractivity contribution is 0.0419. The number of hydrogen-bond acceptors (Lipinski definition) is 3. The number of rotatable bonds is 3. The van der Waals surface area contributed by atoms with E-state index in [0.29, 0.717) is 0 Å². The monoisotopic (exact) mass is 250 g/mol. The van der Waals surface area contributed by atoms with Gasteiger partial charge in [-0.25, -0.2) is 0 Å². The highest BCUT2D eigenvalue weighted by atomic mass is 16.5. The Labute approximate surface area is 109 Å². The summed E-state index contributed by atoms with van der Waals surface area (Å²) in [6.45, 7) is 6.83. The molecular formula is C15H22O3. The zero-order valence-electron chi connectivity index (χ0n) is 11.6. The lowest BCUT2D eigenvalue weighted by Gasteiger charge is -2.24. The van der Waals surface area contributed by atoms with E-state index < -0.39 is 6.10 Å². The quantitative estimate of drug-likeness (QED) is 0.896. The van der Waals surface area contributed by atoms with Crippen molar-refractivity contribution in [3.05, 3.63) is 28.8 Å². The van der Waals surface area contributed by atoms with Crippen LogP contribution >= 0.6 is 0 Å². The first-order valence-corrected chi connectivity index (χ1v) is 6.50. The largest absolute Gasteiger partial charge is 0.496 e. The first-order chi connectivity index (χ1) is 8.56. The predicted molar refractivity (Wildman–Crippen MR) is 70.9 cm³/mol. The van der Waals surface area contributed by atoms with Gasteiger partial charge in [0, 0.05) is 18.1 Å². The second-order valence-corrected chi connectivity index (χ2v) is 5.10. The Balaban J connectivity index is 2.35. The molecule has 1 fully saturated rings. The highest BCUT2D eigenvalue weighted by Crippen LogP contribution is 2.39. The van der Waals surface area contributed by atoms with Crippen LogP contribution in [0.25, 0.3) is 0 Å². The van der Waals surface area contributed by atoms with Gasteiger partial charge in [0.25, 0.3) is 0 Å². The van der Waals surface area contributed by atoms with Crippen LogP contribution in [0.5, 0.6) is 5.75 Å². The molecule has 2 rings (SSSR count). The number of methoxy groups -OCH3 is 1. The molecule has 0 saturated carbocycles. The van der Waals surface area contributed by atoms with Crippen molar-refractivity contribution in [2.45, 2.75) is 39.4 Å². The van der Waals surface area contributed by atoms with E-state index in [4.69, 9.17) is 9.47 Å². The third-order valence-electron chi connectivity index (χ3n) is 4.07. The molecule has 0 spiro atoms. The van der Waals surface area contributed by atoms with E-state index in [1.165, 1.54) is 5.56 Å². The second-order valence-electron chi connectivity index (χ2n) is 5.10. The molecule has 1 aromatic carbocycles. The van der Waals surface area contributed by atoms with Gasteiger partial charge in [0.2, 0.25) is 0 Å². The number of benzene rings is 1. The van der Waals surface area contributed by atoms with E-state index in [-0.39, 0.29) is 12.0 Å². The molecule has 3 unspecified atom stereocenters. The maximum atomic E-state index is 10.6. The SMILES string of the molecule is COc1c(C(O)C2CCOC2C)ccc(C)c1C. The van der Waals surface area contributed by atoms with E-state index in [2.05, 4.69) is 6.92 Å². The van der Waals surface area contributed by atoms with Gasteiger partial charge in [0.05, 0.1) is 19.3 Å². The molecule has 0 bridgehead atoms. The number of aliphatic hydroxyl groups excluding tert-OH is 1. The highest BCUT2D eigenvalue weighted by molar-refractivity contribution is 5.46. The van der Waals surface area contributed by atoms with Crippen molar-refractivity contribution in [1.82, 2.24) is 0 Å². The lowest BCUT2D eigenvalue weighted by Crippen LogP contribution is -2.20. The van der Waals surface area contributed by atoms with Crippen molar-refractivity contribution in [3.8, 4) is 5.75 Å². The van der Waals surface area contributed by atoms with Gasteiger partial charge < -0.3 is 14.6 Å². The van der Waals surface area contributed by atoms with E-state index in [0.717, 1.165) is 29.9 Å². The maximum Gasteiger partial charge on any atom is 0.127 e. The van der Waals surface area contributed by atoms with Gasteiger partial charge in [0.1, 0.15) is 5.75 Å². The van der Waals surface area contributed by atoms with Crippen LogP contribution < -0.4 is 4.74 Å². The fourth-order valence-corrected chi connectivity index (χ4v) is 2.71. The molecule has 100 valence electrons. The molecular weight excluding hydrogens is 228 g/mol. The van der Waals surface area contributed by atoms with Gasteiger partial charge in [-0.3, -0.25) is 0 Å². The van der Waals surface area contributed by atoms with Crippen molar-refractivity contribution in [2.75, 3.05) is 13.7 Å². The highest BCUT2D eigenvalue weighted by Gasteiger charge is 2.33. The second kappa shape index (κ2) is 5.29. The molecule has 3 atom stereocenters. The predicted octanol–water partition coefficient (Wildman–Crippen LogP) is 2.77. The number of aryl methyl sites for hydroxylation is 1. The van der Waals surface area contributed by atoms with Crippen LogP contribution in [0.4, 0.5) is 0 Å². The summed E-state index contributed by atoms with van der Waals surface area (Å²) in [6, 6.07) is 4.01. The van der Waals surface area contributed by atoms with E-state index in [9.17, 15) is 5.11 Å². The van der Waals surface area contributed by atoms with Gasteiger partial charge in [-0.05, 0) is 38.3 Å². The summed E-state index contributed by atoms with van der Waals surface area (Å²) in [4.78, 5) is 0. The maximum absolute atomic E-state index is 10.6. The average Bonchev–Trinajstić information content (AvgIpc) is 2.78. The van der Waals surface area contributed by atoms with Gasteiger partial charge in [-0.2, -0.15) is 0 Å². The van der Waals surface area contributed by atoms with Gasteiger partial charge in [-0.15, -0.1) is 0 Å². The Hall–Kier alpha value is -1.06. The van der Waals surface area contributed by atoms with Crippen LogP contribution in [0.15, 0.2) is 12.1 Å². The van der Waals surface area contributed by atoms with Crippen LogP contribution in [0.3, 0.4) is 0 Å². The minimum absolute atomic E-state index is 0.103. The minimum Gasteiger partial charge on any atom is -0.496 e. The van der Waals surface area contributed by atoms with E-state index >= 15 is 0 Å². The summed E-state index contributed by atoms with van der Waals surface area (Å²) in [6.07, 6.45) is 0.487. The molecule has 1 aromatic rings. The topological polar surface area (TPSA) is 38.7 Å². The van der Waals surface area contributed by atoms with Crippen molar-refractivity contribution in [1.29, 1.82) is 0 Å². The first kappa shape index (κ1) is 13.4. The van der Waals surface area contributed by atoms with Crippen molar-refractivity contribution in [3.63, 3.8) is 0 Å². The van der Waals surface area contributed by atoms with Crippen LogP contribution in [-0.2, 0) is 4.74 Å². The molecule has 18 heavy (non-hydrogen) atoms. The molecule has 1 saturated heterocycles. The molecule has 0 aromatic heterocycles. The third kappa shape index (κ3) is 2.25. The number of hydrogen-bond donors (Lipinski definition) is 1. The Kier molecular flexibility index (Phi) is 3.93. The Morgan fingerprint density at radius 3 is 2.67 bits per heavy atom. The summed E-state index contributed by atoms with van der Waals surface area (Å²) < 4.78 is 11.0. The zero-order valence-corrected chi connectivity index (χ0v) is 11.6. The summed E-state index contributed by atoms with van der Waals surface area (Å²) >= 11 is 0. The standard InChI is InChI=1S/C15H22O3/c1-9-5-6-13(15(17-4)10(9)2)14(16)12-7-8-18-11(12)3/h5-6,11-12,14,16H,7-8H2,1-4H3. The number of aliphatic hydroxyl groups is 1. The fraction of sp³-hybridized carbons (Fsp3) is 0.600. The van der Waals surface area contributed by atoms with Gasteiger partial charge in [-0.1, -0.05) is 12.1 Å². The molecule has 1 N–H and O–H groups in total. The molecule has 0 aliphatic carbocycles. The Morgan fingerprint density at radius 2 is 2.11 bits per heavy atom. The van der Waals surface area contributed by atoms with E-state index in [1.807, 2.05) is 26.0 Å². The summed E-state index contributed by atoms with van der Waals surface area (Å²) in [5.74, 6) is 0.961. The summed E-state index contributed by atoms with van der Waals surface area (Å²) in [7, 11) is 1.66. The molecule has 3 nitrogen and oxygen atoms in total. The van der Waals surface area contributed by atoms with Gasteiger partial charge in [0.15, 0.2) is 0 Å². The Morgan fingerprint density at radius 1 is 1.39 bits per heavy atom. The van der Waals surface area contributed by atoms with Crippen LogP contribution in [0, 0.1) is 19.8 Å².